The monoisotopic (exact) mass is 398 g/mol. The molecule has 4 rings (SSSR count). The molecule has 0 aliphatic heterocycles. The van der Waals surface area contributed by atoms with E-state index in [0.717, 1.165) is 39.2 Å². The number of hydrogen-bond acceptors (Lipinski definition) is 6. The molecule has 0 radical (unpaired) electrons. The summed E-state index contributed by atoms with van der Waals surface area (Å²) in [6.07, 6.45) is 1.63. The average molecular weight is 398 g/mol. The molecule has 30 heavy (non-hydrogen) atoms. The van der Waals surface area contributed by atoms with E-state index in [-0.39, 0.29) is 5.75 Å². The molecule has 0 spiro atoms. The molecule has 0 amide bonds. The average Bonchev–Trinajstić information content (AvgIpc) is 3.01. The van der Waals surface area contributed by atoms with Crippen LogP contribution in [-0.2, 0) is 0 Å². The van der Waals surface area contributed by atoms with Crippen molar-refractivity contribution >= 4 is 28.4 Å². The molecular weight excluding hydrogens is 376 g/mol. The van der Waals surface area contributed by atoms with Crippen LogP contribution in [0.2, 0.25) is 0 Å². The van der Waals surface area contributed by atoms with Crippen LogP contribution in [0.4, 0.5) is 11.4 Å². The zero-order valence-electron chi connectivity index (χ0n) is 17.3. The number of phenolic OH excluding ortho intramolecular Hbond substituents is 1. The van der Waals surface area contributed by atoms with Crippen LogP contribution < -0.4 is 0 Å². The number of rotatable bonds is 4. The van der Waals surface area contributed by atoms with Crippen molar-refractivity contribution in [1.29, 1.82) is 0 Å². The van der Waals surface area contributed by atoms with Crippen LogP contribution in [-0.4, -0.2) is 26.2 Å². The van der Waals surface area contributed by atoms with Crippen LogP contribution >= 0.6 is 0 Å². The van der Waals surface area contributed by atoms with Gasteiger partial charge in [0.05, 0.1) is 29.0 Å². The van der Waals surface area contributed by atoms with Gasteiger partial charge in [-0.25, -0.2) is 4.68 Å². The standard InChI is InChI=1S/C23H22N6O/c1-14-22-16(3)29(17(4)23(22)15(2)26-25-14)24-13-18-12-20(10-11-21(18)30)28-27-19-8-6-5-7-9-19/h5-13,30H,1-4H3/b24-13-,28-27?. The number of fused-ring (bicyclic) bond motifs is 1. The van der Waals surface area contributed by atoms with Gasteiger partial charge >= 0.3 is 0 Å². The Balaban J connectivity index is 1.70. The number of aromatic hydroxyl groups is 1. The zero-order valence-corrected chi connectivity index (χ0v) is 17.3. The number of hydrogen-bond donors (Lipinski definition) is 1. The van der Waals surface area contributed by atoms with Crippen LogP contribution in [0, 0.1) is 27.7 Å². The lowest BCUT2D eigenvalue weighted by molar-refractivity contribution is 0.474. The number of phenols is 1. The second-order valence-electron chi connectivity index (χ2n) is 7.13. The van der Waals surface area contributed by atoms with E-state index in [1.54, 1.807) is 24.4 Å². The Morgan fingerprint density at radius 3 is 2.03 bits per heavy atom. The van der Waals surface area contributed by atoms with Gasteiger partial charge in [-0.15, -0.1) is 0 Å². The lowest BCUT2D eigenvalue weighted by atomic mass is 10.1. The molecule has 7 nitrogen and oxygen atoms in total. The van der Waals surface area contributed by atoms with Gasteiger partial charge < -0.3 is 5.11 Å². The van der Waals surface area contributed by atoms with E-state index in [1.807, 2.05) is 62.7 Å². The highest BCUT2D eigenvalue weighted by atomic mass is 16.3. The highest BCUT2D eigenvalue weighted by molar-refractivity contribution is 5.92. The molecule has 150 valence electrons. The Labute approximate surface area is 174 Å². The van der Waals surface area contributed by atoms with Crippen LogP contribution in [0.5, 0.6) is 5.75 Å². The van der Waals surface area contributed by atoms with Crippen LogP contribution in [0.3, 0.4) is 0 Å². The van der Waals surface area contributed by atoms with Gasteiger partial charge in [0.1, 0.15) is 5.75 Å². The van der Waals surface area contributed by atoms with E-state index in [0.29, 0.717) is 11.3 Å². The minimum Gasteiger partial charge on any atom is -0.507 e. The summed E-state index contributed by atoms with van der Waals surface area (Å²) in [4.78, 5) is 0. The normalized spacial score (nSPS) is 11.9. The highest BCUT2D eigenvalue weighted by Crippen LogP contribution is 2.29. The summed E-state index contributed by atoms with van der Waals surface area (Å²) in [5.74, 6) is 0.125. The lowest BCUT2D eigenvalue weighted by Crippen LogP contribution is -1.96. The minimum atomic E-state index is 0.125. The molecule has 0 saturated heterocycles. The van der Waals surface area contributed by atoms with E-state index in [4.69, 9.17) is 0 Å². The second kappa shape index (κ2) is 7.87. The quantitative estimate of drug-likeness (QED) is 0.355. The van der Waals surface area contributed by atoms with E-state index in [1.165, 1.54) is 0 Å². The zero-order chi connectivity index (χ0) is 21.3. The first-order chi connectivity index (χ1) is 14.5. The van der Waals surface area contributed by atoms with Gasteiger partial charge in [0.25, 0.3) is 0 Å². The van der Waals surface area contributed by atoms with Gasteiger partial charge in [-0.1, -0.05) is 18.2 Å². The summed E-state index contributed by atoms with van der Waals surface area (Å²) < 4.78 is 1.85. The molecule has 0 aliphatic rings. The molecule has 0 bridgehead atoms. The molecule has 0 saturated carbocycles. The summed E-state index contributed by atoms with van der Waals surface area (Å²) in [5.41, 5.74) is 5.65. The van der Waals surface area contributed by atoms with Crippen molar-refractivity contribution in [2.75, 3.05) is 0 Å². The first kappa shape index (κ1) is 19.4. The van der Waals surface area contributed by atoms with E-state index in [2.05, 4.69) is 25.5 Å². The molecule has 2 aromatic carbocycles. The van der Waals surface area contributed by atoms with E-state index in [9.17, 15) is 5.11 Å². The fourth-order valence-corrected chi connectivity index (χ4v) is 3.57. The van der Waals surface area contributed by atoms with Gasteiger partial charge in [0.2, 0.25) is 0 Å². The lowest BCUT2D eigenvalue weighted by Gasteiger charge is -2.03. The maximum absolute atomic E-state index is 10.3. The predicted molar refractivity (Wildman–Crippen MR) is 118 cm³/mol. The summed E-state index contributed by atoms with van der Waals surface area (Å²) in [5, 5.41) is 34.0. The van der Waals surface area contributed by atoms with Gasteiger partial charge in [-0.3, -0.25) is 0 Å². The first-order valence-electron chi connectivity index (χ1n) is 9.61. The Morgan fingerprint density at radius 2 is 1.40 bits per heavy atom. The maximum Gasteiger partial charge on any atom is 0.124 e. The van der Waals surface area contributed by atoms with Crippen LogP contribution in [0.15, 0.2) is 63.9 Å². The highest BCUT2D eigenvalue weighted by Gasteiger charge is 2.16. The molecule has 2 aromatic heterocycles. The molecule has 4 aromatic rings. The van der Waals surface area contributed by atoms with E-state index < -0.39 is 0 Å². The predicted octanol–water partition coefficient (Wildman–Crippen LogP) is 5.67. The van der Waals surface area contributed by atoms with Gasteiger partial charge in [0, 0.05) is 27.7 Å². The summed E-state index contributed by atoms with van der Waals surface area (Å²) in [7, 11) is 0. The third-order valence-corrected chi connectivity index (χ3v) is 5.04. The van der Waals surface area contributed by atoms with Crippen molar-refractivity contribution in [2.24, 2.45) is 15.3 Å². The van der Waals surface area contributed by atoms with Crippen molar-refractivity contribution in [2.45, 2.75) is 27.7 Å². The van der Waals surface area contributed by atoms with Crippen molar-refractivity contribution in [3.05, 3.63) is 76.9 Å². The molecule has 0 atom stereocenters. The van der Waals surface area contributed by atoms with Gasteiger partial charge in [0.15, 0.2) is 0 Å². The maximum atomic E-state index is 10.3. The number of azo groups is 1. The Morgan fingerprint density at radius 1 is 0.800 bits per heavy atom. The fraction of sp³-hybridized carbons (Fsp3) is 0.174. The molecule has 7 heteroatoms. The molecular formula is C23H22N6O. The molecule has 2 heterocycles. The molecule has 1 N–H and O–H groups in total. The summed E-state index contributed by atoms with van der Waals surface area (Å²) in [6.45, 7) is 7.90. The van der Waals surface area contributed by atoms with Crippen LogP contribution in [0.1, 0.15) is 28.3 Å². The van der Waals surface area contributed by atoms with Crippen molar-refractivity contribution < 1.29 is 5.11 Å². The number of aryl methyl sites for hydroxylation is 4. The van der Waals surface area contributed by atoms with Crippen molar-refractivity contribution in [1.82, 2.24) is 14.9 Å². The second-order valence-corrected chi connectivity index (χ2v) is 7.13. The van der Waals surface area contributed by atoms with Crippen molar-refractivity contribution in [3.63, 3.8) is 0 Å². The minimum absolute atomic E-state index is 0.125. The summed E-state index contributed by atoms with van der Waals surface area (Å²) >= 11 is 0. The Hall–Kier alpha value is -3.87. The number of benzene rings is 2. The Bertz CT molecular complexity index is 1240. The molecule has 0 aliphatic carbocycles. The van der Waals surface area contributed by atoms with Crippen LogP contribution in [0.25, 0.3) is 10.8 Å². The third-order valence-electron chi connectivity index (χ3n) is 5.04. The smallest absolute Gasteiger partial charge is 0.124 e. The van der Waals surface area contributed by atoms with E-state index >= 15 is 0 Å². The van der Waals surface area contributed by atoms with Crippen molar-refractivity contribution in [3.8, 4) is 5.75 Å². The first-order valence-corrected chi connectivity index (χ1v) is 9.61. The fourth-order valence-electron chi connectivity index (χ4n) is 3.57. The third kappa shape index (κ3) is 3.57. The van der Waals surface area contributed by atoms with Gasteiger partial charge in [-0.2, -0.15) is 25.5 Å². The SMILES string of the molecule is Cc1nnc(C)c2c(C)n(/N=C\c3cc(N=Nc4ccccc4)ccc3O)c(C)c12. The van der Waals surface area contributed by atoms with Gasteiger partial charge in [-0.05, 0) is 58.0 Å². The molecule has 0 unspecified atom stereocenters. The topological polar surface area (TPSA) is 88.0 Å². The Kier molecular flexibility index (Phi) is 5.10. The molecule has 0 fully saturated rings. The summed E-state index contributed by atoms with van der Waals surface area (Å²) in [6, 6.07) is 14.5. The number of nitrogens with zero attached hydrogens (tertiary/aromatic N) is 6. The number of aromatic nitrogens is 3. The largest absolute Gasteiger partial charge is 0.507 e.